The van der Waals surface area contributed by atoms with Crippen molar-refractivity contribution in [2.45, 2.75) is 43.9 Å². The van der Waals surface area contributed by atoms with Crippen LogP contribution in [-0.4, -0.2) is 41.8 Å². The van der Waals surface area contributed by atoms with E-state index in [4.69, 9.17) is 16.3 Å². The SMILES string of the molecule is OC(CCN1CCOC2CCCC21)c1cccc(Cl)c1. The zero-order chi connectivity index (χ0) is 13.9. The van der Waals surface area contributed by atoms with Gasteiger partial charge in [-0.1, -0.05) is 23.7 Å². The van der Waals surface area contributed by atoms with Crippen LogP contribution in [0.5, 0.6) is 0 Å². The quantitative estimate of drug-likeness (QED) is 0.927. The van der Waals surface area contributed by atoms with E-state index in [1.807, 2.05) is 24.3 Å². The summed E-state index contributed by atoms with van der Waals surface area (Å²) in [6.45, 7) is 2.75. The molecule has 2 aliphatic rings. The first-order valence-corrected chi connectivity index (χ1v) is 7.91. The average Bonchev–Trinajstić information content (AvgIpc) is 2.93. The van der Waals surface area contributed by atoms with Crippen LogP contribution >= 0.6 is 11.6 Å². The fraction of sp³-hybridized carbons (Fsp3) is 0.625. The minimum absolute atomic E-state index is 0.423. The van der Waals surface area contributed by atoms with Gasteiger partial charge in [0.1, 0.15) is 0 Å². The van der Waals surface area contributed by atoms with Crippen LogP contribution in [0, 0.1) is 0 Å². The smallest absolute Gasteiger partial charge is 0.0802 e. The predicted octanol–water partition coefficient (Wildman–Crippen LogP) is 3.02. The second kappa shape index (κ2) is 6.44. The molecule has 110 valence electrons. The summed E-state index contributed by atoms with van der Waals surface area (Å²) in [5.74, 6) is 0. The molecule has 1 saturated heterocycles. The molecule has 3 unspecified atom stereocenters. The van der Waals surface area contributed by atoms with Crippen LogP contribution in [0.4, 0.5) is 0 Å². The number of fused-ring (bicyclic) bond motifs is 1. The molecule has 2 fully saturated rings. The van der Waals surface area contributed by atoms with Gasteiger partial charge in [0.25, 0.3) is 0 Å². The van der Waals surface area contributed by atoms with Crippen molar-refractivity contribution < 1.29 is 9.84 Å². The molecule has 1 aromatic rings. The second-order valence-corrected chi connectivity index (χ2v) is 6.24. The Morgan fingerprint density at radius 2 is 2.30 bits per heavy atom. The number of hydrogen-bond donors (Lipinski definition) is 1. The molecule has 1 heterocycles. The van der Waals surface area contributed by atoms with E-state index in [0.717, 1.165) is 31.7 Å². The Bertz CT molecular complexity index is 454. The standard InChI is InChI=1S/C16H22ClNO2/c17-13-4-1-3-12(11-13)15(19)7-8-18-9-10-20-16-6-2-5-14(16)18/h1,3-4,11,14-16,19H,2,5-10H2. The molecule has 0 amide bonds. The van der Waals surface area contributed by atoms with E-state index in [2.05, 4.69) is 4.90 Å². The van der Waals surface area contributed by atoms with Crippen LogP contribution in [0.3, 0.4) is 0 Å². The van der Waals surface area contributed by atoms with E-state index >= 15 is 0 Å². The third-order valence-corrected chi connectivity index (χ3v) is 4.76. The number of rotatable bonds is 4. The Labute approximate surface area is 125 Å². The van der Waals surface area contributed by atoms with Crippen LogP contribution in [-0.2, 0) is 4.74 Å². The Morgan fingerprint density at radius 1 is 1.40 bits per heavy atom. The van der Waals surface area contributed by atoms with E-state index in [0.29, 0.717) is 17.2 Å². The Balaban J connectivity index is 1.56. The lowest BCUT2D eigenvalue weighted by atomic mass is 10.0. The summed E-state index contributed by atoms with van der Waals surface area (Å²) in [5, 5.41) is 11.0. The lowest BCUT2D eigenvalue weighted by Crippen LogP contribution is -2.48. The second-order valence-electron chi connectivity index (χ2n) is 5.80. The van der Waals surface area contributed by atoms with Gasteiger partial charge in [0.2, 0.25) is 0 Å². The van der Waals surface area contributed by atoms with Crippen molar-refractivity contribution in [3.05, 3.63) is 34.9 Å². The molecule has 1 aliphatic heterocycles. The number of morpholine rings is 1. The largest absolute Gasteiger partial charge is 0.388 e. The molecule has 1 saturated carbocycles. The van der Waals surface area contributed by atoms with Gasteiger partial charge in [-0.25, -0.2) is 0 Å². The van der Waals surface area contributed by atoms with Gasteiger partial charge in [0.05, 0.1) is 18.8 Å². The summed E-state index contributed by atoms with van der Waals surface area (Å²) in [6, 6.07) is 8.08. The number of aliphatic hydroxyl groups excluding tert-OH is 1. The monoisotopic (exact) mass is 295 g/mol. The van der Waals surface area contributed by atoms with Gasteiger partial charge in [0, 0.05) is 24.2 Å². The van der Waals surface area contributed by atoms with Crippen molar-refractivity contribution >= 4 is 11.6 Å². The van der Waals surface area contributed by atoms with Crippen molar-refractivity contribution in [2.75, 3.05) is 19.7 Å². The third-order valence-electron chi connectivity index (χ3n) is 4.52. The van der Waals surface area contributed by atoms with Gasteiger partial charge < -0.3 is 9.84 Å². The maximum Gasteiger partial charge on any atom is 0.0802 e. The number of halogens is 1. The molecule has 0 radical (unpaired) electrons. The van der Waals surface area contributed by atoms with Gasteiger partial charge in [-0.05, 0) is 43.4 Å². The van der Waals surface area contributed by atoms with Gasteiger partial charge in [-0.3, -0.25) is 4.90 Å². The molecule has 3 rings (SSSR count). The zero-order valence-corrected chi connectivity index (χ0v) is 12.4. The van der Waals surface area contributed by atoms with Crippen molar-refractivity contribution in [3.8, 4) is 0 Å². The summed E-state index contributed by atoms with van der Waals surface area (Å²) in [7, 11) is 0. The molecular weight excluding hydrogens is 274 g/mol. The maximum absolute atomic E-state index is 10.3. The summed E-state index contributed by atoms with van der Waals surface area (Å²) in [5.41, 5.74) is 0.911. The van der Waals surface area contributed by atoms with Crippen LogP contribution < -0.4 is 0 Å². The van der Waals surface area contributed by atoms with Crippen LogP contribution in [0.15, 0.2) is 24.3 Å². The molecule has 1 N–H and O–H groups in total. The van der Waals surface area contributed by atoms with Gasteiger partial charge in [-0.2, -0.15) is 0 Å². The van der Waals surface area contributed by atoms with Gasteiger partial charge in [0.15, 0.2) is 0 Å². The highest BCUT2D eigenvalue weighted by Gasteiger charge is 2.35. The highest BCUT2D eigenvalue weighted by Crippen LogP contribution is 2.30. The molecule has 1 aromatic carbocycles. The normalized spacial score (nSPS) is 28.3. The van der Waals surface area contributed by atoms with E-state index in [9.17, 15) is 5.11 Å². The molecule has 3 atom stereocenters. The van der Waals surface area contributed by atoms with Crippen LogP contribution in [0.2, 0.25) is 5.02 Å². The third kappa shape index (κ3) is 3.17. The van der Waals surface area contributed by atoms with E-state index < -0.39 is 6.10 Å². The summed E-state index contributed by atoms with van der Waals surface area (Å²) < 4.78 is 5.82. The fourth-order valence-electron chi connectivity index (χ4n) is 3.45. The van der Waals surface area contributed by atoms with Crippen molar-refractivity contribution in [2.24, 2.45) is 0 Å². The summed E-state index contributed by atoms with van der Waals surface area (Å²) in [6.07, 6.45) is 4.44. The number of nitrogens with zero attached hydrogens (tertiary/aromatic N) is 1. The van der Waals surface area contributed by atoms with Crippen LogP contribution in [0.1, 0.15) is 37.4 Å². The summed E-state index contributed by atoms with van der Waals surface area (Å²) in [4.78, 5) is 2.49. The number of aliphatic hydroxyl groups is 1. The van der Waals surface area contributed by atoms with E-state index in [-0.39, 0.29) is 0 Å². The number of hydrogen-bond acceptors (Lipinski definition) is 3. The molecule has 1 aliphatic carbocycles. The van der Waals surface area contributed by atoms with Crippen molar-refractivity contribution in [1.29, 1.82) is 0 Å². The molecule has 20 heavy (non-hydrogen) atoms. The number of ether oxygens (including phenoxy) is 1. The van der Waals surface area contributed by atoms with Gasteiger partial charge >= 0.3 is 0 Å². The lowest BCUT2D eigenvalue weighted by molar-refractivity contribution is -0.0587. The first-order chi connectivity index (χ1) is 9.74. The Hall–Kier alpha value is -0.610. The fourth-order valence-corrected chi connectivity index (χ4v) is 3.65. The lowest BCUT2D eigenvalue weighted by Gasteiger charge is -2.38. The molecule has 3 nitrogen and oxygen atoms in total. The molecular formula is C16H22ClNO2. The maximum atomic E-state index is 10.3. The number of benzene rings is 1. The minimum Gasteiger partial charge on any atom is -0.388 e. The highest BCUT2D eigenvalue weighted by molar-refractivity contribution is 6.30. The topological polar surface area (TPSA) is 32.7 Å². The van der Waals surface area contributed by atoms with Gasteiger partial charge in [-0.15, -0.1) is 0 Å². The Kier molecular flexibility index (Phi) is 4.61. The minimum atomic E-state index is -0.434. The zero-order valence-electron chi connectivity index (χ0n) is 11.7. The predicted molar refractivity (Wildman–Crippen MR) is 80.0 cm³/mol. The van der Waals surface area contributed by atoms with E-state index in [1.54, 1.807) is 0 Å². The van der Waals surface area contributed by atoms with Crippen molar-refractivity contribution in [3.63, 3.8) is 0 Å². The highest BCUT2D eigenvalue weighted by atomic mass is 35.5. The Morgan fingerprint density at radius 3 is 3.15 bits per heavy atom. The molecule has 0 bridgehead atoms. The summed E-state index contributed by atoms with van der Waals surface area (Å²) >= 11 is 5.97. The van der Waals surface area contributed by atoms with E-state index in [1.165, 1.54) is 19.3 Å². The molecule has 4 heteroatoms. The molecule has 0 spiro atoms. The molecule has 0 aromatic heterocycles. The van der Waals surface area contributed by atoms with Crippen LogP contribution in [0.25, 0.3) is 0 Å². The average molecular weight is 296 g/mol. The van der Waals surface area contributed by atoms with Crippen molar-refractivity contribution in [1.82, 2.24) is 4.90 Å². The first-order valence-electron chi connectivity index (χ1n) is 7.53. The first kappa shape index (κ1) is 14.3.